The van der Waals surface area contributed by atoms with Crippen molar-refractivity contribution in [2.45, 2.75) is 19.5 Å². The maximum Gasteiger partial charge on any atom is 0.416 e. The molecule has 0 aliphatic carbocycles. The molecule has 0 bridgehead atoms. The Morgan fingerprint density at radius 1 is 1.07 bits per heavy atom. The Morgan fingerprint density at radius 2 is 1.83 bits per heavy atom. The molecule has 0 aliphatic heterocycles. The van der Waals surface area contributed by atoms with E-state index in [-0.39, 0.29) is 5.82 Å². The molecule has 4 nitrogen and oxygen atoms in total. The third-order valence-corrected chi connectivity index (χ3v) is 4.87. The lowest BCUT2D eigenvalue weighted by molar-refractivity contribution is -0.137. The van der Waals surface area contributed by atoms with Crippen molar-refractivity contribution >= 4 is 32.7 Å². The summed E-state index contributed by atoms with van der Waals surface area (Å²) in [4.78, 5) is 11.2. The number of hydrogen-bond acceptors (Lipinski definition) is 4. The zero-order valence-electron chi connectivity index (χ0n) is 16.4. The summed E-state index contributed by atoms with van der Waals surface area (Å²) in [5, 5.41) is 4.16. The Labute approximate surface area is 176 Å². The highest BCUT2D eigenvalue weighted by molar-refractivity contribution is 9.10. The standard InChI is InChI=1S/C21H22BrF3N4/c1-13-5-6-17-18(9-13)27-19(28-20(17)26-7-4-8-29(2)3)14-10-15(21(23,24)25)12-16(22)11-14/h5-6,9-12H,4,7-8H2,1-3H3,(H,26,27,28). The topological polar surface area (TPSA) is 41.0 Å². The normalized spacial score (nSPS) is 12.0. The van der Waals surface area contributed by atoms with Crippen LogP contribution < -0.4 is 5.32 Å². The van der Waals surface area contributed by atoms with Crippen LogP contribution in [0.4, 0.5) is 19.0 Å². The fourth-order valence-electron chi connectivity index (χ4n) is 2.99. The second-order valence-corrected chi connectivity index (χ2v) is 8.14. The highest BCUT2D eigenvalue weighted by atomic mass is 79.9. The Bertz CT molecular complexity index is 1020. The van der Waals surface area contributed by atoms with Gasteiger partial charge in [-0.15, -0.1) is 0 Å². The van der Waals surface area contributed by atoms with Gasteiger partial charge in [0.05, 0.1) is 11.1 Å². The molecule has 0 saturated carbocycles. The molecule has 1 N–H and O–H groups in total. The molecule has 0 spiro atoms. The molecule has 0 saturated heterocycles. The summed E-state index contributed by atoms with van der Waals surface area (Å²) in [5.74, 6) is 0.877. The van der Waals surface area contributed by atoms with Crippen LogP contribution in [0.3, 0.4) is 0 Å². The molecular formula is C21H22BrF3N4. The first-order valence-corrected chi connectivity index (χ1v) is 9.98. The lowest BCUT2D eigenvalue weighted by atomic mass is 10.1. The number of benzene rings is 2. The molecule has 29 heavy (non-hydrogen) atoms. The Kier molecular flexibility index (Phi) is 6.43. The van der Waals surface area contributed by atoms with E-state index in [1.165, 1.54) is 0 Å². The van der Waals surface area contributed by atoms with Crippen molar-refractivity contribution in [2.24, 2.45) is 0 Å². The van der Waals surface area contributed by atoms with Gasteiger partial charge in [-0.3, -0.25) is 0 Å². The number of halogens is 4. The maximum absolute atomic E-state index is 13.2. The zero-order valence-corrected chi connectivity index (χ0v) is 18.0. The second-order valence-electron chi connectivity index (χ2n) is 7.23. The smallest absolute Gasteiger partial charge is 0.369 e. The molecular weight excluding hydrogens is 445 g/mol. The van der Waals surface area contributed by atoms with Crippen molar-refractivity contribution in [1.29, 1.82) is 0 Å². The highest BCUT2D eigenvalue weighted by Crippen LogP contribution is 2.35. The van der Waals surface area contributed by atoms with Gasteiger partial charge < -0.3 is 10.2 Å². The first-order chi connectivity index (χ1) is 13.6. The number of rotatable bonds is 6. The van der Waals surface area contributed by atoms with Crippen LogP contribution >= 0.6 is 15.9 Å². The molecule has 1 aromatic heterocycles. The number of alkyl halides is 3. The molecule has 3 aromatic rings. The van der Waals surface area contributed by atoms with E-state index in [1.54, 1.807) is 6.07 Å². The van der Waals surface area contributed by atoms with Gasteiger partial charge in [-0.25, -0.2) is 9.97 Å². The number of aryl methyl sites for hydroxylation is 1. The van der Waals surface area contributed by atoms with E-state index in [1.807, 2.05) is 39.2 Å². The largest absolute Gasteiger partial charge is 0.416 e. The first-order valence-electron chi connectivity index (χ1n) is 9.18. The van der Waals surface area contributed by atoms with Crippen molar-refractivity contribution in [3.8, 4) is 11.4 Å². The summed E-state index contributed by atoms with van der Waals surface area (Å²) in [5.41, 5.74) is 1.28. The van der Waals surface area contributed by atoms with Crippen LogP contribution in [0.5, 0.6) is 0 Å². The fourth-order valence-corrected chi connectivity index (χ4v) is 3.48. The van der Waals surface area contributed by atoms with Crippen LogP contribution in [0.2, 0.25) is 0 Å². The molecule has 2 aromatic carbocycles. The van der Waals surface area contributed by atoms with Gasteiger partial charge in [-0.2, -0.15) is 13.2 Å². The third-order valence-electron chi connectivity index (χ3n) is 4.41. The van der Waals surface area contributed by atoms with Gasteiger partial charge in [-0.1, -0.05) is 22.0 Å². The predicted molar refractivity (Wildman–Crippen MR) is 114 cm³/mol. The summed E-state index contributed by atoms with van der Waals surface area (Å²) in [6, 6.07) is 9.55. The average Bonchev–Trinajstić information content (AvgIpc) is 2.63. The van der Waals surface area contributed by atoms with Gasteiger partial charge in [0.25, 0.3) is 0 Å². The lowest BCUT2D eigenvalue weighted by Gasteiger charge is -2.14. The van der Waals surface area contributed by atoms with Gasteiger partial charge in [0.15, 0.2) is 5.82 Å². The quantitative estimate of drug-likeness (QED) is 0.469. The van der Waals surface area contributed by atoms with E-state index in [0.717, 1.165) is 36.0 Å². The van der Waals surface area contributed by atoms with Crippen molar-refractivity contribution in [3.05, 3.63) is 52.0 Å². The van der Waals surface area contributed by atoms with Crippen LogP contribution in [-0.2, 0) is 6.18 Å². The SMILES string of the molecule is Cc1ccc2c(NCCCN(C)C)nc(-c3cc(Br)cc(C(F)(F)F)c3)nc2c1. The summed E-state index contributed by atoms with van der Waals surface area (Å²) in [7, 11) is 4.01. The van der Waals surface area contributed by atoms with Crippen LogP contribution in [-0.4, -0.2) is 42.1 Å². The van der Waals surface area contributed by atoms with Crippen LogP contribution in [0, 0.1) is 6.92 Å². The van der Waals surface area contributed by atoms with Gasteiger partial charge in [-0.05, 0) is 69.9 Å². The lowest BCUT2D eigenvalue weighted by Crippen LogP contribution is -2.17. The Morgan fingerprint density at radius 3 is 2.52 bits per heavy atom. The van der Waals surface area contributed by atoms with Crippen molar-refractivity contribution < 1.29 is 13.2 Å². The molecule has 1 heterocycles. The minimum Gasteiger partial charge on any atom is -0.369 e. The minimum absolute atomic E-state index is 0.255. The number of anilines is 1. The summed E-state index contributed by atoms with van der Waals surface area (Å²) >= 11 is 3.17. The summed E-state index contributed by atoms with van der Waals surface area (Å²) in [6.07, 6.45) is -3.53. The van der Waals surface area contributed by atoms with Gasteiger partial charge >= 0.3 is 6.18 Å². The molecule has 154 valence electrons. The van der Waals surface area contributed by atoms with Crippen LogP contribution in [0.15, 0.2) is 40.9 Å². The van der Waals surface area contributed by atoms with E-state index in [4.69, 9.17) is 0 Å². The maximum atomic E-state index is 13.2. The van der Waals surface area contributed by atoms with Gasteiger partial charge in [0.1, 0.15) is 5.82 Å². The monoisotopic (exact) mass is 466 g/mol. The van der Waals surface area contributed by atoms with E-state index in [9.17, 15) is 13.2 Å². The molecule has 0 radical (unpaired) electrons. The zero-order chi connectivity index (χ0) is 21.2. The van der Waals surface area contributed by atoms with Crippen LogP contribution in [0.1, 0.15) is 17.5 Å². The molecule has 3 rings (SSSR count). The molecule has 0 unspecified atom stereocenters. The number of fused-ring (bicyclic) bond motifs is 1. The minimum atomic E-state index is -4.45. The molecule has 0 amide bonds. The van der Waals surface area contributed by atoms with E-state index in [0.29, 0.717) is 27.9 Å². The summed E-state index contributed by atoms with van der Waals surface area (Å²) < 4.78 is 40.1. The highest BCUT2D eigenvalue weighted by Gasteiger charge is 2.31. The first kappa shape index (κ1) is 21.5. The number of aromatic nitrogens is 2. The Hall–Kier alpha value is -2.19. The van der Waals surface area contributed by atoms with Crippen LogP contribution in [0.25, 0.3) is 22.3 Å². The van der Waals surface area contributed by atoms with Gasteiger partial charge in [0.2, 0.25) is 0 Å². The van der Waals surface area contributed by atoms with E-state index < -0.39 is 11.7 Å². The van der Waals surface area contributed by atoms with E-state index >= 15 is 0 Å². The predicted octanol–water partition coefficient (Wildman–Crippen LogP) is 5.75. The molecule has 0 atom stereocenters. The Balaban J connectivity index is 2.05. The summed E-state index contributed by atoms with van der Waals surface area (Å²) in [6.45, 7) is 3.57. The number of hydrogen-bond donors (Lipinski definition) is 1. The average molecular weight is 467 g/mol. The molecule has 0 fully saturated rings. The van der Waals surface area contributed by atoms with Crippen molar-refractivity contribution in [2.75, 3.05) is 32.5 Å². The molecule has 8 heteroatoms. The third kappa shape index (κ3) is 5.45. The number of nitrogens with one attached hydrogen (secondary N) is 1. The molecule has 0 aliphatic rings. The van der Waals surface area contributed by atoms with Crippen molar-refractivity contribution in [3.63, 3.8) is 0 Å². The van der Waals surface area contributed by atoms with Gasteiger partial charge in [0, 0.05) is 22.0 Å². The second kappa shape index (κ2) is 8.67. The number of nitrogens with zero attached hydrogens (tertiary/aromatic N) is 3. The fraction of sp³-hybridized carbons (Fsp3) is 0.333. The van der Waals surface area contributed by atoms with E-state index in [2.05, 4.69) is 36.1 Å². The van der Waals surface area contributed by atoms with Crippen molar-refractivity contribution in [1.82, 2.24) is 14.9 Å².